The number of hydrogen-bond donors (Lipinski definition) is 0. The lowest BCUT2D eigenvalue weighted by Crippen LogP contribution is -2.39. The molecule has 1 saturated heterocycles. The van der Waals surface area contributed by atoms with Crippen LogP contribution in [0.5, 0.6) is 0 Å². The van der Waals surface area contributed by atoms with Crippen LogP contribution >= 0.6 is 0 Å². The van der Waals surface area contributed by atoms with Crippen LogP contribution in [0.1, 0.15) is 30.0 Å². The Labute approximate surface area is 259 Å². The molecule has 1 aliphatic rings. The second-order valence-electron chi connectivity index (χ2n) is 11.4. The van der Waals surface area contributed by atoms with E-state index in [1.807, 2.05) is 4.68 Å². The largest absolute Gasteiger partial charge is 0.354 e. The molecule has 7 rings (SSSR count). The van der Waals surface area contributed by atoms with Gasteiger partial charge in [0, 0.05) is 24.3 Å². The first kappa shape index (κ1) is 27.7. The van der Waals surface area contributed by atoms with Gasteiger partial charge in [-0.3, -0.25) is 4.90 Å². The third-order valence-corrected chi connectivity index (χ3v) is 8.95. The van der Waals surface area contributed by atoms with Crippen LogP contribution in [0.25, 0.3) is 22.5 Å². The van der Waals surface area contributed by atoms with Gasteiger partial charge in [-0.25, -0.2) is 4.68 Å². The third-order valence-electron chi connectivity index (χ3n) is 8.95. The number of aromatic nitrogens is 4. The van der Waals surface area contributed by atoms with E-state index < -0.39 is 5.54 Å². The maximum Gasteiger partial charge on any atom is 0.184 e. The first-order valence-corrected chi connectivity index (χ1v) is 15.3. The minimum Gasteiger partial charge on any atom is -0.354 e. The van der Waals surface area contributed by atoms with Crippen LogP contribution in [0.4, 0.5) is 5.69 Å². The minimum atomic E-state index is -0.827. The van der Waals surface area contributed by atoms with E-state index in [1.165, 1.54) is 5.69 Å². The van der Waals surface area contributed by atoms with Gasteiger partial charge in [-0.05, 0) is 63.8 Å². The predicted molar refractivity (Wildman–Crippen MR) is 177 cm³/mol. The van der Waals surface area contributed by atoms with E-state index in [-0.39, 0.29) is 0 Å². The van der Waals surface area contributed by atoms with Crippen LogP contribution in [-0.4, -0.2) is 51.4 Å². The van der Waals surface area contributed by atoms with Gasteiger partial charge in [-0.15, -0.1) is 5.10 Å². The minimum absolute atomic E-state index is 0.346. The zero-order valence-electron chi connectivity index (χ0n) is 25.2. The van der Waals surface area contributed by atoms with Gasteiger partial charge >= 0.3 is 0 Å². The zero-order chi connectivity index (χ0) is 29.9. The monoisotopic (exact) mass is 576 g/mol. The number of tetrazole rings is 1. The molecule has 1 aromatic heterocycles. The van der Waals surface area contributed by atoms with E-state index in [0.717, 1.165) is 52.9 Å². The molecule has 1 unspecified atom stereocenters. The van der Waals surface area contributed by atoms with Crippen molar-refractivity contribution in [2.75, 3.05) is 25.0 Å². The van der Waals surface area contributed by atoms with Crippen LogP contribution in [0.2, 0.25) is 0 Å². The number of rotatable bonds is 8. The van der Waals surface area contributed by atoms with Crippen molar-refractivity contribution in [1.29, 1.82) is 0 Å². The molecule has 0 bridgehead atoms. The Morgan fingerprint density at radius 2 is 1.20 bits per heavy atom. The van der Waals surface area contributed by atoms with Crippen molar-refractivity contribution >= 4 is 5.69 Å². The normalized spacial score (nSPS) is 15.5. The van der Waals surface area contributed by atoms with Crippen LogP contribution in [0.15, 0.2) is 140 Å². The van der Waals surface area contributed by atoms with E-state index in [4.69, 9.17) is 10.3 Å². The molecule has 0 N–H and O–H groups in total. The molecule has 0 radical (unpaired) electrons. The van der Waals surface area contributed by atoms with Crippen molar-refractivity contribution in [2.45, 2.75) is 25.0 Å². The first-order valence-electron chi connectivity index (χ1n) is 15.3. The summed E-state index contributed by atoms with van der Waals surface area (Å²) in [6, 6.07) is 49.0. The average Bonchev–Trinajstić information content (AvgIpc) is 3.74. The van der Waals surface area contributed by atoms with Crippen molar-refractivity contribution in [3.63, 3.8) is 0 Å². The lowest BCUT2D eigenvalue weighted by Gasteiger charge is -2.36. The van der Waals surface area contributed by atoms with Crippen LogP contribution in [0.3, 0.4) is 0 Å². The number of benzene rings is 5. The molecule has 218 valence electrons. The highest BCUT2D eigenvalue weighted by atomic mass is 15.6. The lowest BCUT2D eigenvalue weighted by atomic mass is 9.77. The maximum absolute atomic E-state index is 4.83. The molecule has 0 saturated carbocycles. The van der Waals surface area contributed by atoms with E-state index in [1.54, 1.807) is 0 Å². The Morgan fingerprint density at radius 1 is 0.659 bits per heavy atom. The highest BCUT2D eigenvalue weighted by molar-refractivity contribution is 5.84. The molecule has 0 spiro atoms. The van der Waals surface area contributed by atoms with E-state index in [0.29, 0.717) is 12.0 Å². The summed E-state index contributed by atoms with van der Waals surface area (Å²) in [6.07, 6.45) is 1.39. The second kappa shape index (κ2) is 11.9. The summed E-state index contributed by atoms with van der Waals surface area (Å²) in [5, 5.41) is 14.0. The van der Waals surface area contributed by atoms with Gasteiger partial charge in [-0.2, -0.15) is 0 Å². The standard InChI is InChI=1S/C38H36N6/c1-3-36-42(2)26-27-43(36)33-24-25-34(29-16-8-4-9-17-29)35(28-33)37-39-40-41-44(37)38(30-18-10-5-11-19-30,31-20-12-6-13-21-31)32-22-14-7-15-23-32/h4-25,28,36H,3,26-27H2,1-2H3. The first-order chi connectivity index (χ1) is 21.7. The summed E-state index contributed by atoms with van der Waals surface area (Å²) in [6.45, 7) is 4.27. The van der Waals surface area contributed by atoms with Crippen LogP contribution in [0, 0.1) is 0 Å². The average molecular weight is 577 g/mol. The van der Waals surface area contributed by atoms with Crippen LogP contribution in [-0.2, 0) is 5.54 Å². The smallest absolute Gasteiger partial charge is 0.184 e. The Hall–Kier alpha value is -5.07. The molecule has 6 heteroatoms. The van der Waals surface area contributed by atoms with E-state index in [2.05, 4.69) is 169 Å². The van der Waals surface area contributed by atoms with Crippen LogP contribution < -0.4 is 4.90 Å². The van der Waals surface area contributed by atoms with Crippen molar-refractivity contribution in [3.05, 3.63) is 156 Å². The maximum atomic E-state index is 4.83. The molecule has 6 nitrogen and oxygen atoms in total. The topological polar surface area (TPSA) is 50.1 Å². The lowest BCUT2D eigenvalue weighted by molar-refractivity contribution is 0.305. The molecular formula is C38H36N6. The fourth-order valence-electron chi connectivity index (χ4n) is 6.89. The number of nitrogens with zero attached hydrogens (tertiary/aromatic N) is 6. The fourth-order valence-corrected chi connectivity index (χ4v) is 6.89. The van der Waals surface area contributed by atoms with Gasteiger partial charge < -0.3 is 4.90 Å². The Morgan fingerprint density at radius 3 is 1.75 bits per heavy atom. The number of anilines is 1. The number of hydrogen-bond acceptors (Lipinski definition) is 5. The molecule has 6 aromatic rings. The summed E-state index contributed by atoms with van der Waals surface area (Å²) in [4.78, 5) is 4.94. The van der Waals surface area contributed by atoms with Crippen molar-refractivity contribution in [3.8, 4) is 22.5 Å². The van der Waals surface area contributed by atoms with E-state index in [9.17, 15) is 0 Å². The van der Waals surface area contributed by atoms with E-state index >= 15 is 0 Å². The highest BCUT2D eigenvalue weighted by Gasteiger charge is 2.42. The Bertz CT molecular complexity index is 1720. The van der Waals surface area contributed by atoms with Gasteiger partial charge in [0.25, 0.3) is 0 Å². The molecule has 1 atom stereocenters. The van der Waals surface area contributed by atoms with Crippen molar-refractivity contribution < 1.29 is 0 Å². The zero-order valence-corrected chi connectivity index (χ0v) is 25.2. The van der Waals surface area contributed by atoms with Gasteiger partial charge in [0.1, 0.15) is 5.54 Å². The molecule has 5 aromatic carbocycles. The van der Waals surface area contributed by atoms with Gasteiger partial charge in [-0.1, -0.05) is 134 Å². The van der Waals surface area contributed by atoms with Crippen molar-refractivity contribution in [2.24, 2.45) is 0 Å². The van der Waals surface area contributed by atoms with Gasteiger partial charge in [0.05, 0.1) is 6.17 Å². The Balaban J connectivity index is 1.53. The summed E-state index contributed by atoms with van der Waals surface area (Å²) in [5.74, 6) is 0.711. The predicted octanol–water partition coefficient (Wildman–Crippen LogP) is 7.34. The van der Waals surface area contributed by atoms with Gasteiger partial charge in [0.2, 0.25) is 0 Å². The van der Waals surface area contributed by atoms with Gasteiger partial charge in [0.15, 0.2) is 5.82 Å². The number of likely N-dealkylation sites (N-methyl/N-ethyl adjacent to an activating group) is 1. The molecule has 1 fully saturated rings. The molecular weight excluding hydrogens is 540 g/mol. The molecule has 2 heterocycles. The molecule has 0 aliphatic carbocycles. The second-order valence-corrected chi connectivity index (χ2v) is 11.4. The fraction of sp³-hybridized carbons (Fsp3) is 0.184. The Kier molecular flexibility index (Phi) is 7.50. The molecule has 44 heavy (non-hydrogen) atoms. The third kappa shape index (κ3) is 4.68. The molecule has 1 aliphatic heterocycles. The summed E-state index contributed by atoms with van der Waals surface area (Å²) in [7, 11) is 2.21. The SMILES string of the molecule is CCC1N(C)CCN1c1ccc(-c2ccccc2)c(-c2nnnn2C(c2ccccc2)(c2ccccc2)c2ccccc2)c1. The summed E-state index contributed by atoms with van der Waals surface area (Å²) >= 11 is 0. The van der Waals surface area contributed by atoms with Crippen molar-refractivity contribution in [1.82, 2.24) is 25.1 Å². The molecule has 0 amide bonds. The quantitative estimate of drug-likeness (QED) is 0.178. The summed E-state index contributed by atoms with van der Waals surface area (Å²) in [5.41, 5.74) is 6.80. The summed E-state index contributed by atoms with van der Waals surface area (Å²) < 4.78 is 2.03. The highest BCUT2D eigenvalue weighted by Crippen LogP contribution is 2.44.